The van der Waals surface area contributed by atoms with Gasteiger partial charge >= 0.3 is 5.97 Å². The van der Waals surface area contributed by atoms with Gasteiger partial charge in [0.25, 0.3) is 5.91 Å². The van der Waals surface area contributed by atoms with Crippen LogP contribution in [0.15, 0.2) is 42.5 Å². The second-order valence-electron chi connectivity index (χ2n) is 5.19. The minimum Gasteiger partial charge on any atom is -0.478 e. The summed E-state index contributed by atoms with van der Waals surface area (Å²) in [5.74, 6) is -2.40. The molecule has 0 aliphatic heterocycles. The summed E-state index contributed by atoms with van der Waals surface area (Å²) >= 11 is 0. The number of hydrazine groups is 1. The summed E-state index contributed by atoms with van der Waals surface area (Å²) in [6, 6.07) is 9.71. The standard InChI is InChI=1S/C15H16N2O4/c1-15(10-5-3-2-4-6-10)9-11(15)14(21)17-16-12(18)7-8-13(19)20/h2-8,11H,9H2,1H3,(H,16,18)(H,17,21)(H,19,20)/b8-7+/t11-,15-/m1/s1. The molecular formula is C15H16N2O4. The fourth-order valence-corrected chi connectivity index (χ4v) is 2.28. The van der Waals surface area contributed by atoms with Crippen molar-refractivity contribution in [2.24, 2.45) is 5.92 Å². The molecule has 2 rings (SSSR count). The lowest BCUT2D eigenvalue weighted by Gasteiger charge is -2.12. The lowest BCUT2D eigenvalue weighted by Crippen LogP contribution is -2.42. The van der Waals surface area contributed by atoms with Crippen molar-refractivity contribution in [3.63, 3.8) is 0 Å². The zero-order chi connectivity index (χ0) is 15.5. The Morgan fingerprint density at radius 2 is 1.86 bits per heavy atom. The van der Waals surface area contributed by atoms with Crippen LogP contribution in [0.4, 0.5) is 0 Å². The predicted octanol–water partition coefficient (Wildman–Crippen LogP) is 0.752. The SMILES string of the molecule is C[C@]1(c2ccccc2)C[C@@H]1C(=O)NNC(=O)/C=C/C(=O)O. The van der Waals surface area contributed by atoms with Gasteiger partial charge < -0.3 is 5.11 Å². The largest absolute Gasteiger partial charge is 0.478 e. The van der Waals surface area contributed by atoms with Gasteiger partial charge in [0.2, 0.25) is 5.91 Å². The summed E-state index contributed by atoms with van der Waals surface area (Å²) in [4.78, 5) is 33.5. The van der Waals surface area contributed by atoms with Gasteiger partial charge in [0.15, 0.2) is 0 Å². The average Bonchev–Trinajstić information content (AvgIpc) is 3.17. The Kier molecular flexibility index (Phi) is 4.07. The first-order chi connectivity index (χ1) is 9.93. The number of rotatable bonds is 4. The van der Waals surface area contributed by atoms with E-state index < -0.39 is 11.9 Å². The smallest absolute Gasteiger partial charge is 0.328 e. The van der Waals surface area contributed by atoms with Gasteiger partial charge in [0, 0.05) is 23.5 Å². The number of carboxylic acid groups (broad SMARTS) is 1. The molecule has 1 aliphatic carbocycles. The highest BCUT2D eigenvalue weighted by atomic mass is 16.4. The number of hydrogen-bond donors (Lipinski definition) is 3. The molecule has 1 aromatic rings. The van der Waals surface area contributed by atoms with E-state index in [1.54, 1.807) is 0 Å². The molecule has 0 unspecified atom stereocenters. The maximum Gasteiger partial charge on any atom is 0.328 e. The summed E-state index contributed by atoms with van der Waals surface area (Å²) in [5.41, 5.74) is 5.34. The van der Waals surface area contributed by atoms with Gasteiger partial charge in [0.05, 0.1) is 0 Å². The fraction of sp³-hybridized carbons (Fsp3) is 0.267. The Morgan fingerprint density at radius 1 is 1.19 bits per heavy atom. The number of carbonyl (C=O) groups excluding carboxylic acids is 2. The zero-order valence-corrected chi connectivity index (χ0v) is 11.5. The molecule has 6 nitrogen and oxygen atoms in total. The molecule has 0 saturated heterocycles. The van der Waals surface area contributed by atoms with Crippen LogP contribution in [0.2, 0.25) is 0 Å². The van der Waals surface area contributed by atoms with Gasteiger partial charge in [0.1, 0.15) is 0 Å². The number of nitrogens with one attached hydrogen (secondary N) is 2. The molecule has 0 spiro atoms. The van der Waals surface area contributed by atoms with Gasteiger partial charge in [-0.05, 0) is 12.0 Å². The molecular weight excluding hydrogens is 272 g/mol. The van der Waals surface area contributed by atoms with Crippen LogP contribution in [0.5, 0.6) is 0 Å². The topological polar surface area (TPSA) is 95.5 Å². The Bertz CT molecular complexity index is 597. The molecule has 0 radical (unpaired) electrons. The first-order valence-corrected chi connectivity index (χ1v) is 6.50. The van der Waals surface area contributed by atoms with Crippen molar-refractivity contribution < 1.29 is 19.5 Å². The number of carboxylic acids is 1. The molecule has 1 saturated carbocycles. The van der Waals surface area contributed by atoms with Crippen LogP contribution in [0.1, 0.15) is 18.9 Å². The van der Waals surface area contributed by atoms with Crippen LogP contribution in [0, 0.1) is 5.92 Å². The third-order valence-corrected chi connectivity index (χ3v) is 3.67. The van der Waals surface area contributed by atoms with Crippen molar-refractivity contribution in [1.82, 2.24) is 10.9 Å². The Balaban J connectivity index is 1.86. The van der Waals surface area contributed by atoms with E-state index in [1.807, 2.05) is 37.3 Å². The Labute approximate surface area is 121 Å². The highest BCUT2D eigenvalue weighted by molar-refractivity contribution is 5.95. The number of amides is 2. The van der Waals surface area contributed by atoms with Crippen LogP contribution in [-0.4, -0.2) is 22.9 Å². The number of carbonyl (C=O) groups is 3. The molecule has 2 atom stereocenters. The van der Waals surface area contributed by atoms with Crippen LogP contribution in [0.3, 0.4) is 0 Å². The van der Waals surface area contributed by atoms with Crippen molar-refractivity contribution in [1.29, 1.82) is 0 Å². The molecule has 3 N–H and O–H groups in total. The monoisotopic (exact) mass is 288 g/mol. The number of benzene rings is 1. The molecule has 0 aromatic heterocycles. The van der Waals surface area contributed by atoms with E-state index in [4.69, 9.17) is 5.11 Å². The van der Waals surface area contributed by atoms with Gasteiger partial charge in [-0.3, -0.25) is 20.4 Å². The lowest BCUT2D eigenvalue weighted by molar-refractivity contribution is -0.131. The average molecular weight is 288 g/mol. The third kappa shape index (κ3) is 3.47. The molecule has 0 bridgehead atoms. The summed E-state index contributed by atoms with van der Waals surface area (Å²) in [6.07, 6.45) is 2.25. The molecule has 1 aliphatic rings. The van der Waals surface area contributed by atoms with Crippen molar-refractivity contribution in [3.05, 3.63) is 48.0 Å². The van der Waals surface area contributed by atoms with E-state index in [2.05, 4.69) is 10.9 Å². The van der Waals surface area contributed by atoms with Crippen LogP contribution < -0.4 is 10.9 Å². The van der Waals surface area contributed by atoms with Crippen molar-refractivity contribution >= 4 is 17.8 Å². The number of aliphatic carboxylic acids is 1. The lowest BCUT2D eigenvalue weighted by atomic mass is 9.95. The van der Waals surface area contributed by atoms with E-state index in [-0.39, 0.29) is 17.2 Å². The zero-order valence-electron chi connectivity index (χ0n) is 11.5. The highest BCUT2D eigenvalue weighted by Crippen LogP contribution is 2.53. The van der Waals surface area contributed by atoms with E-state index in [0.29, 0.717) is 12.5 Å². The van der Waals surface area contributed by atoms with Gasteiger partial charge in [-0.1, -0.05) is 37.3 Å². The molecule has 1 fully saturated rings. The van der Waals surface area contributed by atoms with E-state index in [1.165, 1.54) is 0 Å². The normalized spacial score (nSPS) is 23.6. The molecule has 21 heavy (non-hydrogen) atoms. The quantitative estimate of drug-likeness (QED) is 0.563. The summed E-state index contributed by atoms with van der Waals surface area (Å²) < 4.78 is 0. The second-order valence-corrected chi connectivity index (χ2v) is 5.19. The van der Waals surface area contributed by atoms with Crippen molar-refractivity contribution in [2.45, 2.75) is 18.8 Å². The van der Waals surface area contributed by atoms with E-state index in [9.17, 15) is 14.4 Å². The molecule has 110 valence electrons. The number of hydrogen-bond acceptors (Lipinski definition) is 3. The maximum atomic E-state index is 12.0. The Morgan fingerprint density at radius 3 is 2.48 bits per heavy atom. The maximum absolute atomic E-state index is 12.0. The molecule has 0 heterocycles. The van der Waals surface area contributed by atoms with Crippen LogP contribution in [0.25, 0.3) is 0 Å². The Hall–Kier alpha value is -2.63. The van der Waals surface area contributed by atoms with Crippen LogP contribution >= 0.6 is 0 Å². The third-order valence-electron chi connectivity index (χ3n) is 3.67. The summed E-state index contributed by atoms with van der Waals surface area (Å²) in [7, 11) is 0. The predicted molar refractivity (Wildman–Crippen MR) is 75.0 cm³/mol. The van der Waals surface area contributed by atoms with Crippen LogP contribution in [-0.2, 0) is 19.8 Å². The highest BCUT2D eigenvalue weighted by Gasteiger charge is 2.55. The fourth-order valence-electron chi connectivity index (χ4n) is 2.28. The van der Waals surface area contributed by atoms with Gasteiger partial charge in [-0.15, -0.1) is 0 Å². The summed E-state index contributed by atoms with van der Waals surface area (Å²) in [6.45, 7) is 2.00. The van der Waals surface area contributed by atoms with E-state index in [0.717, 1.165) is 11.6 Å². The first-order valence-electron chi connectivity index (χ1n) is 6.50. The van der Waals surface area contributed by atoms with Gasteiger partial charge in [-0.25, -0.2) is 4.79 Å². The second kappa shape index (κ2) is 5.78. The first kappa shape index (κ1) is 14.8. The molecule has 1 aromatic carbocycles. The summed E-state index contributed by atoms with van der Waals surface area (Å²) in [5, 5.41) is 8.38. The molecule has 2 amide bonds. The van der Waals surface area contributed by atoms with Crippen molar-refractivity contribution in [2.75, 3.05) is 0 Å². The minimum atomic E-state index is -1.23. The van der Waals surface area contributed by atoms with E-state index >= 15 is 0 Å². The minimum absolute atomic E-state index is 0.205. The van der Waals surface area contributed by atoms with Crippen molar-refractivity contribution in [3.8, 4) is 0 Å². The molecule has 6 heteroatoms. The van der Waals surface area contributed by atoms with Gasteiger partial charge in [-0.2, -0.15) is 0 Å².